The highest BCUT2D eigenvalue weighted by Crippen LogP contribution is 2.47. The highest BCUT2D eigenvalue weighted by atomic mass is 16.5. The normalized spacial score (nSPS) is 21.4. The van der Waals surface area contributed by atoms with Crippen molar-refractivity contribution >= 4 is 10.8 Å². The SMILES string of the molecule is O=c1c(O)c([C@H]2Oc3cc(O)cc(O)c3C[C@H]2O)ccc2c([C@H]3Oc4cc(O)cc(O)c4C[C@H]3O)cc(O)c(O)c12. The summed E-state index contributed by atoms with van der Waals surface area (Å²) in [6.45, 7) is 0. The van der Waals surface area contributed by atoms with E-state index in [9.17, 15) is 50.8 Å². The number of phenols is 6. The van der Waals surface area contributed by atoms with Crippen LogP contribution >= 0.6 is 0 Å². The van der Waals surface area contributed by atoms with Crippen LogP contribution in [0.5, 0.6) is 51.7 Å². The molecular formula is C29H24O12. The number of hydrogen-bond acceptors (Lipinski definition) is 12. The fourth-order valence-corrected chi connectivity index (χ4v) is 5.53. The molecular weight excluding hydrogens is 540 g/mol. The first-order valence-corrected chi connectivity index (χ1v) is 12.5. The molecule has 0 aliphatic carbocycles. The third-order valence-electron chi connectivity index (χ3n) is 7.48. The first kappa shape index (κ1) is 26.2. The van der Waals surface area contributed by atoms with Crippen molar-refractivity contribution in [1.29, 1.82) is 0 Å². The van der Waals surface area contributed by atoms with Gasteiger partial charge in [0.1, 0.15) is 34.5 Å². The Morgan fingerprint density at radius 3 is 1.66 bits per heavy atom. The summed E-state index contributed by atoms with van der Waals surface area (Å²) in [5.74, 6) is -3.65. The Balaban J connectivity index is 1.52. The van der Waals surface area contributed by atoms with E-state index in [1.54, 1.807) is 0 Å². The molecule has 4 aromatic carbocycles. The molecule has 0 saturated carbocycles. The van der Waals surface area contributed by atoms with Gasteiger partial charge in [-0.25, -0.2) is 0 Å². The molecule has 0 fully saturated rings. The van der Waals surface area contributed by atoms with E-state index in [0.717, 1.165) is 18.2 Å². The van der Waals surface area contributed by atoms with Crippen LogP contribution in [0.15, 0.2) is 47.3 Å². The van der Waals surface area contributed by atoms with Gasteiger partial charge in [0, 0.05) is 59.4 Å². The van der Waals surface area contributed by atoms with Crippen molar-refractivity contribution in [2.45, 2.75) is 37.3 Å². The number of phenolic OH excluding ortho intramolecular Hbond substituents is 6. The second-order valence-electron chi connectivity index (χ2n) is 10.1. The quantitative estimate of drug-likeness (QED) is 0.160. The molecule has 0 bridgehead atoms. The zero-order valence-electron chi connectivity index (χ0n) is 21.0. The van der Waals surface area contributed by atoms with Gasteiger partial charge in [0.25, 0.3) is 0 Å². The van der Waals surface area contributed by atoms with E-state index in [0.29, 0.717) is 0 Å². The maximum Gasteiger partial charge on any atom is 0.232 e. The van der Waals surface area contributed by atoms with Gasteiger partial charge in [-0.15, -0.1) is 0 Å². The summed E-state index contributed by atoms with van der Waals surface area (Å²) >= 11 is 0. The van der Waals surface area contributed by atoms with Crippen LogP contribution in [-0.4, -0.2) is 58.2 Å². The topological polar surface area (TPSA) is 218 Å². The lowest BCUT2D eigenvalue weighted by molar-refractivity contribution is 0.0185. The Kier molecular flexibility index (Phi) is 5.90. The van der Waals surface area contributed by atoms with Gasteiger partial charge >= 0.3 is 0 Å². The molecule has 212 valence electrons. The molecule has 0 amide bonds. The predicted molar refractivity (Wildman–Crippen MR) is 141 cm³/mol. The van der Waals surface area contributed by atoms with E-state index >= 15 is 0 Å². The molecule has 4 atom stereocenters. The van der Waals surface area contributed by atoms with Crippen LogP contribution in [0.3, 0.4) is 0 Å². The standard InChI is InChI=1S/C29H24O12/c30-10-3-17(32)15-8-20(35)28(40-22(15)5-10)13-2-1-12-14(7-19(34)26(38)24(12)27(39)25(13)37)29-21(36)9-16-18(33)4-11(31)6-23(16)41-29/h1-7,20-21,28-36,38H,8-9H2,(H,37,39)/t20-,21-,28-,29-/m1/s1. The van der Waals surface area contributed by atoms with E-state index in [2.05, 4.69) is 0 Å². The minimum absolute atomic E-state index is 0.0192. The van der Waals surface area contributed by atoms with Gasteiger partial charge < -0.3 is 55.4 Å². The zero-order valence-corrected chi connectivity index (χ0v) is 21.0. The summed E-state index contributed by atoms with van der Waals surface area (Å²) in [4.78, 5) is 13.5. The summed E-state index contributed by atoms with van der Waals surface area (Å²) in [6.07, 6.45) is -5.51. The van der Waals surface area contributed by atoms with Crippen LogP contribution in [0.25, 0.3) is 10.8 Å². The first-order valence-electron chi connectivity index (χ1n) is 12.5. The van der Waals surface area contributed by atoms with Gasteiger partial charge in [-0.05, 0) is 11.5 Å². The minimum atomic E-state index is -1.35. The number of aliphatic hydroxyl groups excluding tert-OH is 2. The average molecular weight is 564 g/mol. The van der Waals surface area contributed by atoms with E-state index in [1.165, 1.54) is 24.3 Å². The van der Waals surface area contributed by atoms with Crippen LogP contribution in [0.4, 0.5) is 0 Å². The molecule has 2 aliphatic rings. The molecule has 6 rings (SSSR count). The van der Waals surface area contributed by atoms with Crippen molar-refractivity contribution in [1.82, 2.24) is 0 Å². The molecule has 0 spiro atoms. The van der Waals surface area contributed by atoms with E-state index < -0.39 is 52.5 Å². The van der Waals surface area contributed by atoms with E-state index in [1.807, 2.05) is 0 Å². The van der Waals surface area contributed by atoms with Crippen molar-refractivity contribution in [2.75, 3.05) is 0 Å². The van der Waals surface area contributed by atoms with Crippen molar-refractivity contribution < 1.29 is 55.4 Å². The maximum atomic E-state index is 13.5. The molecule has 12 nitrogen and oxygen atoms in total. The van der Waals surface area contributed by atoms with Gasteiger partial charge in [-0.1, -0.05) is 12.1 Å². The average Bonchev–Trinajstić information content (AvgIpc) is 3.03. The van der Waals surface area contributed by atoms with Crippen LogP contribution in [0.2, 0.25) is 0 Å². The Hall–Kier alpha value is -5.07. The van der Waals surface area contributed by atoms with Crippen molar-refractivity contribution in [3.8, 4) is 51.7 Å². The molecule has 0 aromatic heterocycles. The number of benzene rings is 3. The highest BCUT2D eigenvalue weighted by Gasteiger charge is 2.37. The number of hydrogen-bond donors (Lipinski definition) is 9. The van der Waals surface area contributed by atoms with Gasteiger partial charge in [-0.2, -0.15) is 0 Å². The van der Waals surface area contributed by atoms with Gasteiger partial charge in [0.15, 0.2) is 29.5 Å². The monoisotopic (exact) mass is 564 g/mol. The van der Waals surface area contributed by atoms with Crippen molar-refractivity contribution in [2.24, 2.45) is 0 Å². The van der Waals surface area contributed by atoms with Gasteiger partial charge in [0.05, 0.1) is 17.6 Å². The summed E-state index contributed by atoms with van der Waals surface area (Å²) in [7, 11) is 0. The largest absolute Gasteiger partial charge is 0.508 e. The predicted octanol–water partition coefficient (Wildman–Crippen LogP) is 2.21. The Morgan fingerprint density at radius 1 is 0.610 bits per heavy atom. The Morgan fingerprint density at radius 2 is 1.12 bits per heavy atom. The van der Waals surface area contributed by atoms with Crippen LogP contribution in [0, 0.1) is 0 Å². The highest BCUT2D eigenvalue weighted by molar-refractivity contribution is 5.94. The Labute approximate surface area is 230 Å². The lowest BCUT2D eigenvalue weighted by Gasteiger charge is -2.32. The summed E-state index contributed by atoms with van der Waals surface area (Å²) in [6, 6.07) is 8.28. The molecule has 0 unspecified atom stereocenters. The van der Waals surface area contributed by atoms with Gasteiger partial charge in [0.2, 0.25) is 5.43 Å². The molecule has 2 aliphatic heterocycles. The number of rotatable bonds is 2. The van der Waals surface area contributed by atoms with Gasteiger partial charge in [-0.3, -0.25) is 4.79 Å². The second-order valence-corrected chi connectivity index (χ2v) is 10.1. The van der Waals surface area contributed by atoms with E-state index in [4.69, 9.17) is 9.47 Å². The number of aromatic hydroxyl groups is 7. The smallest absolute Gasteiger partial charge is 0.232 e. The van der Waals surface area contributed by atoms with Crippen LogP contribution < -0.4 is 14.9 Å². The molecule has 4 aromatic rings. The number of aliphatic hydroxyl groups is 2. The summed E-state index contributed by atoms with van der Waals surface area (Å²) in [5.41, 5.74) is -0.835. The maximum absolute atomic E-state index is 13.5. The fourth-order valence-electron chi connectivity index (χ4n) is 5.53. The summed E-state index contributed by atoms with van der Waals surface area (Å²) in [5, 5.41) is 93.5. The summed E-state index contributed by atoms with van der Waals surface area (Å²) < 4.78 is 11.7. The first-order chi connectivity index (χ1) is 19.4. The van der Waals surface area contributed by atoms with Crippen molar-refractivity contribution in [3.63, 3.8) is 0 Å². The molecule has 0 saturated heterocycles. The lowest BCUT2D eigenvalue weighted by Crippen LogP contribution is -2.30. The fraction of sp³-hybridized carbons (Fsp3) is 0.207. The molecule has 2 heterocycles. The zero-order chi connectivity index (χ0) is 29.3. The minimum Gasteiger partial charge on any atom is -0.508 e. The molecule has 9 N–H and O–H groups in total. The second kappa shape index (κ2) is 9.25. The number of ether oxygens (including phenoxy) is 2. The Bertz CT molecular complexity index is 1800. The molecule has 41 heavy (non-hydrogen) atoms. The molecule has 0 radical (unpaired) electrons. The van der Waals surface area contributed by atoms with Crippen molar-refractivity contribution in [3.05, 3.63) is 74.9 Å². The van der Waals surface area contributed by atoms with Crippen LogP contribution in [0.1, 0.15) is 34.5 Å². The van der Waals surface area contributed by atoms with E-state index in [-0.39, 0.29) is 75.0 Å². The lowest BCUT2D eigenvalue weighted by atomic mass is 9.91. The van der Waals surface area contributed by atoms with Crippen LogP contribution in [-0.2, 0) is 12.8 Å². The number of fused-ring (bicyclic) bond motifs is 3. The third-order valence-corrected chi connectivity index (χ3v) is 7.48. The molecule has 12 heteroatoms. The third kappa shape index (κ3) is 4.12.